The Morgan fingerprint density at radius 3 is 1.78 bits per heavy atom. The number of amides is 2. The van der Waals surface area contributed by atoms with Gasteiger partial charge in [-0.25, -0.2) is 4.90 Å². The summed E-state index contributed by atoms with van der Waals surface area (Å²) in [5.74, 6) is 0.381. The number of carbonyl (C=O) groups is 2. The van der Waals surface area contributed by atoms with Gasteiger partial charge < -0.3 is 4.74 Å². The van der Waals surface area contributed by atoms with Crippen molar-refractivity contribution in [3.8, 4) is 22.6 Å². The first-order valence-electron chi connectivity index (χ1n) is 16.5. The second kappa shape index (κ2) is 14.2. The minimum Gasteiger partial charge on any atom is -0.457 e. The molecule has 0 aromatic heterocycles. The second-order valence-corrected chi connectivity index (χ2v) is 15.2. The largest absolute Gasteiger partial charge is 0.457 e. The Balaban J connectivity index is 1.26. The Hall–Kier alpha value is -6.09. The summed E-state index contributed by atoms with van der Waals surface area (Å²) < 4.78 is 6.15. The zero-order chi connectivity index (χ0) is 34.5. The van der Waals surface area contributed by atoms with E-state index in [1.807, 2.05) is 78.9 Å². The number of benzene rings is 6. The summed E-state index contributed by atoms with van der Waals surface area (Å²) in [6, 6.07) is 51.8. The molecule has 0 unspecified atom stereocenters. The van der Waals surface area contributed by atoms with Crippen molar-refractivity contribution >= 4 is 40.7 Å². The molecule has 0 spiro atoms. The number of anilines is 1. The van der Waals surface area contributed by atoms with Crippen molar-refractivity contribution in [2.75, 3.05) is 4.90 Å². The molecule has 242 valence electrons. The van der Waals surface area contributed by atoms with Crippen molar-refractivity contribution in [3.63, 3.8) is 0 Å². The molecule has 1 aliphatic rings. The van der Waals surface area contributed by atoms with Crippen molar-refractivity contribution in [3.05, 3.63) is 205 Å². The average molecular weight is 669 g/mol. The molecular formula is C45H35NO3P+. The summed E-state index contributed by atoms with van der Waals surface area (Å²) in [7, 11) is -2.49. The van der Waals surface area contributed by atoms with Gasteiger partial charge in [0.05, 0.1) is 16.8 Å². The lowest BCUT2D eigenvalue weighted by molar-refractivity contribution is 0.0926. The van der Waals surface area contributed by atoms with E-state index in [-0.39, 0.29) is 11.8 Å². The molecule has 1 aliphatic heterocycles. The summed E-state index contributed by atoms with van der Waals surface area (Å²) in [5.41, 5.74) is 3.38. The van der Waals surface area contributed by atoms with Crippen LogP contribution in [0, 0.1) is 0 Å². The predicted molar refractivity (Wildman–Crippen MR) is 208 cm³/mol. The van der Waals surface area contributed by atoms with Crippen LogP contribution in [0.2, 0.25) is 0 Å². The fraction of sp³-hybridized carbons (Fsp3) is 0.0222. The number of allylic oxidation sites excluding steroid dienone is 5. The van der Waals surface area contributed by atoms with E-state index in [4.69, 9.17) is 4.74 Å². The maximum absolute atomic E-state index is 14.1. The van der Waals surface area contributed by atoms with Gasteiger partial charge in [0, 0.05) is 6.07 Å². The van der Waals surface area contributed by atoms with Crippen LogP contribution in [-0.2, 0) is 0 Å². The maximum atomic E-state index is 14.1. The van der Waals surface area contributed by atoms with E-state index < -0.39 is 7.26 Å². The van der Waals surface area contributed by atoms with Crippen LogP contribution in [0.3, 0.4) is 0 Å². The predicted octanol–water partition coefficient (Wildman–Crippen LogP) is 9.89. The third kappa shape index (κ3) is 5.91. The molecule has 1 heterocycles. The van der Waals surface area contributed by atoms with Gasteiger partial charge in [-0.3, -0.25) is 9.59 Å². The SMILES string of the molecule is C=C/C=C\C(=C/C)[P+](c1ccccc1)(c1ccccc1)c1cccc(N2C(=O)c3ccc(Oc4ccc(-c5ccccc5)cc4)cc3C2=O)c1. The van der Waals surface area contributed by atoms with Gasteiger partial charge in [0.1, 0.15) is 40.0 Å². The first-order chi connectivity index (χ1) is 24.5. The van der Waals surface area contributed by atoms with Gasteiger partial charge in [0.25, 0.3) is 11.8 Å². The van der Waals surface area contributed by atoms with Gasteiger partial charge in [-0.05, 0) is 96.9 Å². The molecule has 6 aromatic carbocycles. The van der Waals surface area contributed by atoms with Crippen LogP contribution >= 0.6 is 7.26 Å². The number of nitrogens with zero attached hydrogens (tertiary/aromatic N) is 1. The quantitative estimate of drug-likeness (QED) is 0.0830. The highest BCUT2D eigenvalue weighted by Gasteiger charge is 2.49. The van der Waals surface area contributed by atoms with Gasteiger partial charge in [-0.15, -0.1) is 0 Å². The van der Waals surface area contributed by atoms with E-state index in [1.54, 1.807) is 24.3 Å². The number of imide groups is 1. The van der Waals surface area contributed by atoms with E-state index in [1.165, 1.54) is 4.90 Å². The molecule has 6 aromatic rings. The van der Waals surface area contributed by atoms with E-state index in [0.717, 1.165) is 32.4 Å². The molecule has 0 aliphatic carbocycles. The van der Waals surface area contributed by atoms with Crippen molar-refractivity contribution < 1.29 is 14.3 Å². The highest BCUT2D eigenvalue weighted by atomic mass is 31.2. The summed E-state index contributed by atoms with van der Waals surface area (Å²) in [4.78, 5) is 29.3. The molecule has 0 saturated heterocycles. The van der Waals surface area contributed by atoms with Crippen LogP contribution in [0.4, 0.5) is 5.69 Å². The fourth-order valence-electron chi connectivity index (χ4n) is 6.61. The van der Waals surface area contributed by atoms with Crippen LogP contribution in [0.15, 0.2) is 194 Å². The minimum absolute atomic E-state index is 0.314. The summed E-state index contributed by atoms with van der Waals surface area (Å²) in [5, 5.41) is 4.47. The maximum Gasteiger partial charge on any atom is 0.266 e. The van der Waals surface area contributed by atoms with Crippen molar-refractivity contribution in [2.24, 2.45) is 0 Å². The van der Waals surface area contributed by atoms with Crippen molar-refractivity contribution in [1.29, 1.82) is 0 Å². The van der Waals surface area contributed by atoms with Crippen LogP contribution < -0.4 is 25.6 Å². The topological polar surface area (TPSA) is 46.6 Å². The Morgan fingerprint density at radius 1 is 0.600 bits per heavy atom. The average Bonchev–Trinajstić information content (AvgIpc) is 3.42. The van der Waals surface area contributed by atoms with E-state index in [2.05, 4.69) is 92.4 Å². The first-order valence-corrected chi connectivity index (χ1v) is 18.3. The van der Waals surface area contributed by atoms with Crippen LogP contribution in [-0.4, -0.2) is 11.8 Å². The third-order valence-electron chi connectivity index (χ3n) is 8.90. The highest BCUT2D eigenvalue weighted by molar-refractivity contribution is 7.99. The minimum atomic E-state index is -2.49. The molecular weight excluding hydrogens is 633 g/mol. The summed E-state index contributed by atoms with van der Waals surface area (Å²) >= 11 is 0. The number of ether oxygens (including phenoxy) is 1. The monoisotopic (exact) mass is 668 g/mol. The van der Waals surface area contributed by atoms with Gasteiger partial charge in [-0.1, -0.05) is 104 Å². The van der Waals surface area contributed by atoms with Crippen LogP contribution in [0.1, 0.15) is 27.6 Å². The molecule has 0 saturated carbocycles. The lowest BCUT2D eigenvalue weighted by Crippen LogP contribution is -2.34. The van der Waals surface area contributed by atoms with Crippen molar-refractivity contribution in [1.82, 2.24) is 0 Å². The lowest BCUT2D eigenvalue weighted by Gasteiger charge is -2.29. The van der Waals surface area contributed by atoms with E-state index in [9.17, 15) is 9.59 Å². The van der Waals surface area contributed by atoms with Crippen LogP contribution in [0.25, 0.3) is 11.1 Å². The molecule has 2 amide bonds. The molecule has 5 heteroatoms. The van der Waals surface area contributed by atoms with Gasteiger partial charge in [-0.2, -0.15) is 0 Å². The summed E-state index contributed by atoms with van der Waals surface area (Å²) in [6.07, 6.45) is 8.01. The number of carbonyl (C=O) groups excluding carboxylic acids is 2. The number of hydrogen-bond acceptors (Lipinski definition) is 3. The number of rotatable bonds is 10. The Bertz CT molecular complexity index is 2200. The van der Waals surface area contributed by atoms with Crippen LogP contribution in [0.5, 0.6) is 11.5 Å². The Kier molecular flexibility index (Phi) is 9.20. The smallest absolute Gasteiger partial charge is 0.266 e. The zero-order valence-corrected chi connectivity index (χ0v) is 28.5. The first kappa shape index (κ1) is 32.5. The third-order valence-corrected chi connectivity index (χ3v) is 13.3. The second-order valence-electron chi connectivity index (χ2n) is 11.8. The van der Waals surface area contributed by atoms with E-state index >= 15 is 0 Å². The van der Waals surface area contributed by atoms with Gasteiger partial charge in [0.2, 0.25) is 0 Å². The van der Waals surface area contributed by atoms with E-state index in [0.29, 0.717) is 28.3 Å². The van der Waals surface area contributed by atoms with Crippen molar-refractivity contribution in [2.45, 2.75) is 6.92 Å². The van der Waals surface area contributed by atoms with Gasteiger partial charge in [0.15, 0.2) is 0 Å². The molecule has 7 rings (SSSR count). The normalized spacial score (nSPS) is 13.1. The standard InChI is InChI=1S/C45H35NO3P/c1-3-5-19-38(4-2)50(39-20-11-7-12-21-39,40-22-13-8-14-23-40)41-24-15-18-35(31-41)46-44(47)42-30-29-37(32-43(42)45(46)48)49-36-27-25-34(26-28-36)33-16-9-6-10-17-33/h3-32H,1H2,2H3/q+1/b19-5-,38-4+. The molecule has 4 nitrogen and oxygen atoms in total. The molecule has 0 fully saturated rings. The highest BCUT2D eigenvalue weighted by Crippen LogP contribution is 2.63. The molecule has 50 heavy (non-hydrogen) atoms. The van der Waals surface area contributed by atoms with Gasteiger partial charge >= 0.3 is 0 Å². The number of hydrogen-bond donors (Lipinski definition) is 0. The summed E-state index contributed by atoms with van der Waals surface area (Å²) in [6.45, 7) is 5.97. The molecule has 0 N–H and O–H groups in total. The fourth-order valence-corrected chi connectivity index (χ4v) is 11.0. The Labute approximate surface area is 293 Å². The molecule has 0 radical (unpaired) electrons. The molecule has 0 atom stereocenters. The Morgan fingerprint density at radius 2 is 1.16 bits per heavy atom. The lowest BCUT2D eigenvalue weighted by atomic mass is 10.1. The molecule has 0 bridgehead atoms. The zero-order valence-electron chi connectivity index (χ0n) is 27.6. The number of fused-ring (bicyclic) bond motifs is 1.